The Balaban J connectivity index is 0.00000676. The van der Waals surface area contributed by atoms with Crippen LogP contribution in [0.25, 0.3) is 0 Å². The Kier molecular flexibility index (Phi) is 12.8. The van der Waals surface area contributed by atoms with Gasteiger partial charge in [0.05, 0.1) is 0 Å². The third-order valence-electron chi connectivity index (χ3n) is 4.97. The molecule has 8 heteroatoms. The van der Waals surface area contributed by atoms with Gasteiger partial charge in [0.25, 0.3) is 0 Å². The van der Waals surface area contributed by atoms with E-state index in [0.717, 1.165) is 44.7 Å². The van der Waals surface area contributed by atoms with Crippen LogP contribution in [0.5, 0.6) is 0 Å². The molecule has 0 aromatic rings. The van der Waals surface area contributed by atoms with Crippen molar-refractivity contribution in [2.24, 2.45) is 10.9 Å². The lowest BCUT2D eigenvalue weighted by Gasteiger charge is -2.34. The fraction of sp³-hybridized carbons (Fsp3) is 0.895. The molecule has 160 valence electrons. The number of amides is 1. The third-order valence-corrected chi connectivity index (χ3v) is 6.91. The number of piperidine rings is 1. The number of halogens is 1. The number of hydrogen-bond donors (Lipinski definition) is 2. The molecule has 0 aromatic carbocycles. The molecule has 0 bridgehead atoms. The van der Waals surface area contributed by atoms with Crippen LogP contribution in [0.1, 0.15) is 60.3 Å². The molecule has 1 saturated heterocycles. The molecule has 0 spiro atoms. The fourth-order valence-corrected chi connectivity index (χ4v) is 4.00. The number of carbonyl (C=O) groups excluding carboxylic acids is 1. The van der Waals surface area contributed by atoms with Gasteiger partial charge in [0.2, 0.25) is 5.91 Å². The number of guanidine groups is 1. The number of nitrogens with zero attached hydrogens (tertiary/aromatic N) is 2. The van der Waals surface area contributed by atoms with Crippen LogP contribution >= 0.6 is 24.0 Å². The zero-order chi connectivity index (χ0) is 19.7. The Morgan fingerprint density at radius 3 is 2.22 bits per heavy atom. The van der Waals surface area contributed by atoms with Crippen molar-refractivity contribution >= 4 is 46.6 Å². The molecule has 1 aliphatic heterocycles. The normalized spacial score (nSPS) is 17.4. The van der Waals surface area contributed by atoms with E-state index in [1.807, 2.05) is 25.7 Å². The number of likely N-dealkylation sites (tertiary alicyclic amines) is 1. The quantitative estimate of drug-likeness (QED) is 0.311. The highest BCUT2D eigenvalue weighted by Gasteiger charge is 2.27. The smallest absolute Gasteiger partial charge is 0.225 e. The van der Waals surface area contributed by atoms with Crippen LogP contribution in [0.4, 0.5) is 0 Å². The van der Waals surface area contributed by atoms with E-state index in [9.17, 15) is 9.00 Å². The van der Waals surface area contributed by atoms with Gasteiger partial charge in [-0.3, -0.25) is 14.0 Å². The van der Waals surface area contributed by atoms with Gasteiger partial charge in [0.1, 0.15) is 0 Å². The molecular formula is C19H39IN4O2S. The van der Waals surface area contributed by atoms with E-state index in [1.165, 1.54) is 0 Å². The molecule has 0 aromatic heterocycles. The molecule has 1 fully saturated rings. The summed E-state index contributed by atoms with van der Waals surface area (Å²) in [4.78, 5) is 18.7. The predicted octanol–water partition coefficient (Wildman–Crippen LogP) is 2.74. The molecule has 1 rings (SSSR count). The van der Waals surface area contributed by atoms with Crippen molar-refractivity contribution in [3.05, 3.63) is 0 Å². The highest BCUT2D eigenvalue weighted by Crippen LogP contribution is 2.17. The van der Waals surface area contributed by atoms with Gasteiger partial charge >= 0.3 is 0 Å². The second kappa shape index (κ2) is 13.0. The standard InChI is InChI=1S/C19H38N4O2S.HI/c1-7-15(8-2)17(24)23-12-9-16(10-13-23)22-18(20-6)21-11-14-26(25)19(3,4)5;/h15-16H,7-14H2,1-6H3,(H2,20,21,22);1H. The summed E-state index contributed by atoms with van der Waals surface area (Å²) in [6.45, 7) is 12.4. The molecular weight excluding hydrogens is 475 g/mol. The van der Waals surface area contributed by atoms with Gasteiger partial charge in [-0.25, -0.2) is 0 Å². The summed E-state index contributed by atoms with van der Waals surface area (Å²) in [6.07, 6.45) is 3.70. The van der Waals surface area contributed by atoms with Gasteiger partial charge in [0, 0.05) is 59.9 Å². The number of nitrogens with one attached hydrogen (secondary N) is 2. The average molecular weight is 515 g/mol. The first-order valence-electron chi connectivity index (χ1n) is 9.87. The molecule has 2 N–H and O–H groups in total. The molecule has 1 unspecified atom stereocenters. The van der Waals surface area contributed by atoms with E-state index in [2.05, 4.69) is 29.5 Å². The monoisotopic (exact) mass is 514 g/mol. The van der Waals surface area contributed by atoms with Crippen molar-refractivity contribution in [1.29, 1.82) is 0 Å². The molecule has 1 amide bonds. The first-order valence-corrected chi connectivity index (χ1v) is 11.2. The van der Waals surface area contributed by atoms with Crippen molar-refractivity contribution in [2.45, 2.75) is 71.1 Å². The van der Waals surface area contributed by atoms with E-state index in [1.54, 1.807) is 7.05 Å². The van der Waals surface area contributed by atoms with Gasteiger partial charge in [-0.1, -0.05) is 13.8 Å². The Morgan fingerprint density at radius 2 is 1.78 bits per heavy atom. The van der Waals surface area contributed by atoms with E-state index < -0.39 is 10.8 Å². The molecule has 0 radical (unpaired) electrons. The third kappa shape index (κ3) is 9.11. The topological polar surface area (TPSA) is 73.8 Å². The Labute approximate surface area is 185 Å². The summed E-state index contributed by atoms with van der Waals surface area (Å²) < 4.78 is 11.9. The summed E-state index contributed by atoms with van der Waals surface area (Å²) in [5, 5.41) is 6.69. The number of rotatable bonds is 7. The Hall–Kier alpha value is -0.380. The van der Waals surface area contributed by atoms with Crippen LogP contribution in [0.2, 0.25) is 0 Å². The fourth-order valence-electron chi connectivity index (χ4n) is 3.10. The summed E-state index contributed by atoms with van der Waals surface area (Å²) in [6, 6.07) is 0.320. The van der Waals surface area contributed by atoms with Gasteiger partial charge in [-0.05, 0) is 46.5 Å². The maximum Gasteiger partial charge on any atom is 0.225 e. The van der Waals surface area contributed by atoms with Crippen LogP contribution in [-0.4, -0.2) is 64.2 Å². The molecule has 1 atom stereocenters. The first kappa shape index (κ1) is 26.6. The highest BCUT2D eigenvalue weighted by atomic mass is 127. The van der Waals surface area contributed by atoms with Crippen LogP contribution in [0.15, 0.2) is 4.99 Å². The predicted molar refractivity (Wildman–Crippen MR) is 126 cm³/mol. The van der Waals surface area contributed by atoms with Crippen LogP contribution in [0, 0.1) is 5.92 Å². The van der Waals surface area contributed by atoms with Gasteiger partial charge in [-0.2, -0.15) is 0 Å². The summed E-state index contributed by atoms with van der Waals surface area (Å²) in [7, 11) is 0.883. The van der Waals surface area contributed by atoms with Crippen molar-refractivity contribution in [1.82, 2.24) is 15.5 Å². The highest BCUT2D eigenvalue weighted by molar-refractivity contribution is 14.0. The molecule has 27 heavy (non-hydrogen) atoms. The van der Waals surface area contributed by atoms with Crippen LogP contribution in [0.3, 0.4) is 0 Å². The van der Waals surface area contributed by atoms with Crippen LogP contribution in [-0.2, 0) is 15.6 Å². The molecule has 1 aliphatic rings. The lowest BCUT2D eigenvalue weighted by molar-refractivity contribution is -0.136. The first-order chi connectivity index (χ1) is 12.2. The summed E-state index contributed by atoms with van der Waals surface area (Å²) in [5.74, 6) is 1.82. The van der Waals surface area contributed by atoms with Crippen molar-refractivity contribution in [3.8, 4) is 0 Å². The van der Waals surface area contributed by atoms with Crippen LogP contribution < -0.4 is 10.6 Å². The molecule has 0 saturated carbocycles. The zero-order valence-corrected chi connectivity index (χ0v) is 21.0. The second-order valence-corrected chi connectivity index (χ2v) is 10.2. The van der Waals surface area contributed by atoms with Crippen molar-refractivity contribution < 1.29 is 9.00 Å². The van der Waals surface area contributed by atoms with Gasteiger partial charge < -0.3 is 15.5 Å². The van der Waals surface area contributed by atoms with Gasteiger partial charge in [0.15, 0.2) is 5.96 Å². The maximum atomic E-state index is 12.5. The van der Waals surface area contributed by atoms with Gasteiger partial charge in [-0.15, -0.1) is 24.0 Å². The number of hydrogen-bond acceptors (Lipinski definition) is 3. The van der Waals surface area contributed by atoms with E-state index in [4.69, 9.17) is 0 Å². The molecule has 0 aliphatic carbocycles. The largest absolute Gasteiger partial charge is 0.355 e. The number of carbonyl (C=O) groups is 1. The minimum atomic E-state index is -0.868. The molecule has 6 nitrogen and oxygen atoms in total. The SMILES string of the molecule is CCC(CC)C(=O)N1CCC(NC(=NC)NCCS(=O)C(C)(C)C)CC1.I. The van der Waals surface area contributed by atoms with E-state index >= 15 is 0 Å². The number of aliphatic imine (C=N–C) groups is 1. The summed E-state index contributed by atoms with van der Waals surface area (Å²) >= 11 is 0. The zero-order valence-electron chi connectivity index (χ0n) is 17.8. The van der Waals surface area contributed by atoms with Crippen molar-refractivity contribution in [2.75, 3.05) is 32.4 Å². The minimum absolute atomic E-state index is 0. The Morgan fingerprint density at radius 1 is 1.22 bits per heavy atom. The second-order valence-electron chi connectivity index (χ2n) is 7.92. The molecule has 1 heterocycles. The van der Waals surface area contributed by atoms with E-state index in [-0.39, 0.29) is 34.6 Å². The average Bonchev–Trinajstić information content (AvgIpc) is 2.61. The van der Waals surface area contributed by atoms with Crippen molar-refractivity contribution in [3.63, 3.8) is 0 Å². The van der Waals surface area contributed by atoms with E-state index in [0.29, 0.717) is 24.2 Å². The lowest BCUT2D eigenvalue weighted by atomic mass is 9.98. The minimum Gasteiger partial charge on any atom is -0.355 e. The Bertz CT molecular complexity index is 496. The maximum absolute atomic E-state index is 12.5. The summed E-state index contributed by atoms with van der Waals surface area (Å²) in [5.41, 5.74) is 0. The lowest BCUT2D eigenvalue weighted by Crippen LogP contribution is -2.51.